The first-order valence-electron chi connectivity index (χ1n) is 7.32. The van der Waals surface area contributed by atoms with E-state index in [0.717, 1.165) is 24.3 Å². The molecule has 108 valence electrons. The van der Waals surface area contributed by atoms with E-state index in [1.807, 2.05) is 0 Å². The number of rotatable bonds is 4. The normalized spacial score (nSPS) is 17.9. The molecule has 20 heavy (non-hydrogen) atoms. The van der Waals surface area contributed by atoms with Gasteiger partial charge < -0.3 is 4.57 Å². The monoisotopic (exact) mass is 402 g/mol. The summed E-state index contributed by atoms with van der Waals surface area (Å²) in [5.74, 6) is 1.78. The molecule has 1 fully saturated rings. The number of benzene rings is 1. The van der Waals surface area contributed by atoms with E-state index in [2.05, 4.69) is 52.3 Å². The van der Waals surface area contributed by atoms with Crippen molar-refractivity contribution in [2.24, 2.45) is 5.41 Å². The fourth-order valence-electron chi connectivity index (χ4n) is 3.37. The molecule has 2 nitrogen and oxygen atoms in total. The molecule has 0 saturated heterocycles. The van der Waals surface area contributed by atoms with Crippen molar-refractivity contribution < 1.29 is 0 Å². The van der Waals surface area contributed by atoms with Crippen LogP contribution in [0.1, 0.15) is 38.4 Å². The quantitative estimate of drug-likeness (QED) is 0.520. The number of hydrogen-bond acceptors (Lipinski definition) is 1. The Morgan fingerprint density at radius 2 is 2.10 bits per heavy atom. The van der Waals surface area contributed by atoms with Crippen LogP contribution in [0.15, 0.2) is 18.2 Å². The average molecular weight is 403 g/mol. The van der Waals surface area contributed by atoms with Crippen molar-refractivity contribution in [3.05, 3.63) is 27.6 Å². The Labute approximate surface area is 139 Å². The largest absolute Gasteiger partial charge is 0.327 e. The first-order valence-corrected chi connectivity index (χ1v) is 8.93. The van der Waals surface area contributed by atoms with E-state index in [4.69, 9.17) is 16.6 Å². The average Bonchev–Trinajstić information content (AvgIpc) is 2.96. The van der Waals surface area contributed by atoms with Crippen molar-refractivity contribution in [2.75, 3.05) is 5.88 Å². The van der Waals surface area contributed by atoms with E-state index < -0.39 is 0 Å². The Kier molecular flexibility index (Phi) is 4.27. The molecule has 0 aliphatic heterocycles. The van der Waals surface area contributed by atoms with Crippen molar-refractivity contribution in [3.63, 3.8) is 0 Å². The molecule has 1 aromatic heterocycles. The molecule has 3 rings (SSSR count). The van der Waals surface area contributed by atoms with Gasteiger partial charge in [0, 0.05) is 22.4 Å². The van der Waals surface area contributed by atoms with Crippen molar-refractivity contribution >= 4 is 45.2 Å². The lowest BCUT2D eigenvalue weighted by atomic mass is 9.88. The van der Waals surface area contributed by atoms with Gasteiger partial charge in [0.05, 0.1) is 11.0 Å². The zero-order valence-electron chi connectivity index (χ0n) is 11.8. The maximum atomic E-state index is 5.96. The van der Waals surface area contributed by atoms with Gasteiger partial charge in [-0.05, 0) is 59.0 Å². The third-order valence-electron chi connectivity index (χ3n) is 4.46. The topological polar surface area (TPSA) is 17.8 Å². The first-order chi connectivity index (χ1) is 9.61. The van der Waals surface area contributed by atoms with Crippen LogP contribution < -0.4 is 0 Å². The van der Waals surface area contributed by atoms with Gasteiger partial charge >= 0.3 is 0 Å². The molecule has 0 unspecified atom stereocenters. The molecule has 0 spiro atoms. The Hall–Kier alpha value is -0.290. The minimum absolute atomic E-state index is 0.428. The van der Waals surface area contributed by atoms with E-state index >= 15 is 0 Å². The molecule has 1 aliphatic rings. The van der Waals surface area contributed by atoms with Gasteiger partial charge in [0.1, 0.15) is 5.82 Å². The van der Waals surface area contributed by atoms with Gasteiger partial charge in [-0.25, -0.2) is 4.98 Å². The Morgan fingerprint density at radius 3 is 2.80 bits per heavy atom. The molecule has 0 bridgehead atoms. The molecule has 0 amide bonds. The number of fused-ring (bicyclic) bond motifs is 1. The number of halogens is 2. The molecule has 1 aliphatic carbocycles. The van der Waals surface area contributed by atoms with E-state index in [0.29, 0.717) is 11.3 Å². The number of aryl methyl sites for hydroxylation is 1. The lowest BCUT2D eigenvalue weighted by molar-refractivity contribution is 0.282. The van der Waals surface area contributed by atoms with Crippen molar-refractivity contribution in [2.45, 2.75) is 45.6 Å². The van der Waals surface area contributed by atoms with Crippen LogP contribution in [-0.4, -0.2) is 15.4 Å². The second-order valence-corrected chi connectivity index (χ2v) is 7.83. The predicted octanol–water partition coefficient (Wildman–Crippen LogP) is 5.00. The summed E-state index contributed by atoms with van der Waals surface area (Å²) in [4.78, 5) is 4.81. The van der Waals surface area contributed by atoms with Crippen molar-refractivity contribution in [1.29, 1.82) is 0 Å². The summed E-state index contributed by atoms with van der Waals surface area (Å²) in [6.07, 6.45) is 6.25. The van der Waals surface area contributed by atoms with Gasteiger partial charge in [-0.3, -0.25) is 0 Å². The summed E-state index contributed by atoms with van der Waals surface area (Å²) in [6.45, 7) is 3.50. The summed E-state index contributed by atoms with van der Waals surface area (Å²) >= 11 is 8.31. The van der Waals surface area contributed by atoms with Gasteiger partial charge in [-0.1, -0.05) is 19.8 Å². The highest BCUT2D eigenvalue weighted by Crippen LogP contribution is 2.40. The van der Waals surface area contributed by atoms with Crippen LogP contribution in [0.5, 0.6) is 0 Å². The maximum absolute atomic E-state index is 5.96. The standard InChI is InChI=1S/C16H20ClIN2/c1-16(7-2-3-8-16)11-20-14-5-4-12(18)10-13(14)19-15(20)6-9-17/h4-5,10H,2-3,6-9,11H2,1H3. The molecule has 1 saturated carbocycles. The zero-order valence-corrected chi connectivity index (χ0v) is 14.7. The lowest BCUT2D eigenvalue weighted by Crippen LogP contribution is -2.21. The highest BCUT2D eigenvalue weighted by Gasteiger charge is 2.30. The third-order valence-corrected chi connectivity index (χ3v) is 5.32. The Balaban J connectivity index is 2.04. The smallest absolute Gasteiger partial charge is 0.111 e. The third kappa shape index (κ3) is 2.84. The summed E-state index contributed by atoms with van der Waals surface area (Å²) in [5.41, 5.74) is 2.80. The minimum atomic E-state index is 0.428. The number of nitrogens with zero attached hydrogens (tertiary/aromatic N) is 2. The Morgan fingerprint density at radius 1 is 1.35 bits per heavy atom. The Bertz CT molecular complexity index is 614. The molecule has 1 aromatic carbocycles. The highest BCUT2D eigenvalue weighted by atomic mass is 127. The fraction of sp³-hybridized carbons (Fsp3) is 0.562. The summed E-state index contributed by atoms with van der Waals surface area (Å²) in [6, 6.07) is 6.55. The molecular weight excluding hydrogens is 383 g/mol. The van der Waals surface area contributed by atoms with Gasteiger partial charge in [-0.15, -0.1) is 11.6 Å². The minimum Gasteiger partial charge on any atom is -0.327 e. The maximum Gasteiger partial charge on any atom is 0.111 e. The van der Waals surface area contributed by atoms with Crippen LogP contribution in [0.2, 0.25) is 0 Å². The van der Waals surface area contributed by atoms with Crippen LogP contribution in [0, 0.1) is 8.99 Å². The van der Waals surface area contributed by atoms with Crippen LogP contribution in [0.3, 0.4) is 0 Å². The molecule has 0 N–H and O–H groups in total. The highest BCUT2D eigenvalue weighted by molar-refractivity contribution is 14.1. The predicted molar refractivity (Wildman–Crippen MR) is 93.4 cm³/mol. The SMILES string of the molecule is CC1(Cn2c(CCCl)nc3cc(I)ccc32)CCCC1. The summed E-state index contributed by atoms with van der Waals surface area (Å²) in [7, 11) is 0. The molecule has 1 heterocycles. The van der Waals surface area contributed by atoms with Crippen LogP contribution in [0.4, 0.5) is 0 Å². The van der Waals surface area contributed by atoms with Gasteiger partial charge in [-0.2, -0.15) is 0 Å². The van der Waals surface area contributed by atoms with E-state index in [-0.39, 0.29) is 0 Å². The molecule has 0 atom stereocenters. The van der Waals surface area contributed by atoms with Crippen LogP contribution >= 0.6 is 34.2 Å². The summed E-state index contributed by atoms with van der Waals surface area (Å²) < 4.78 is 3.66. The van der Waals surface area contributed by atoms with Gasteiger partial charge in [0.15, 0.2) is 0 Å². The second-order valence-electron chi connectivity index (χ2n) is 6.20. The summed E-state index contributed by atoms with van der Waals surface area (Å²) in [5, 5.41) is 0. The van der Waals surface area contributed by atoms with Crippen molar-refractivity contribution in [3.8, 4) is 0 Å². The van der Waals surface area contributed by atoms with Gasteiger partial charge in [0.25, 0.3) is 0 Å². The van der Waals surface area contributed by atoms with E-state index in [1.165, 1.54) is 34.8 Å². The zero-order chi connectivity index (χ0) is 14.2. The number of aromatic nitrogens is 2. The lowest BCUT2D eigenvalue weighted by Gasteiger charge is -2.25. The number of imidazole rings is 1. The second kappa shape index (κ2) is 5.84. The van der Waals surface area contributed by atoms with Crippen LogP contribution in [0.25, 0.3) is 11.0 Å². The van der Waals surface area contributed by atoms with Crippen molar-refractivity contribution in [1.82, 2.24) is 9.55 Å². The number of hydrogen-bond donors (Lipinski definition) is 0. The van der Waals surface area contributed by atoms with E-state index in [9.17, 15) is 0 Å². The van der Waals surface area contributed by atoms with Crippen LogP contribution in [-0.2, 0) is 13.0 Å². The first kappa shape index (κ1) is 14.6. The van der Waals surface area contributed by atoms with E-state index in [1.54, 1.807) is 0 Å². The fourth-order valence-corrected chi connectivity index (χ4v) is 4.02. The van der Waals surface area contributed by atoms with Gasteiger partial charge in [0.2, 0.25) is 0 Å². The number of alkyl halides is 1. The molecule has 2 aromatic rings. The molecule has 0 radical (unpaired) electrons. The molecule has 4 heteroatoms. The molecular formula is C16H20ClIN2.